The Morgan fingerprint density at radius 3 is 2.50 bits per heavy atom. The van der Waals surface area contributed by atoms with Crippen molar-refractivity contribution in [2.75, 3.05) is 6.67 Å². The Hall–Kier alpha value is -0.590. The van der Waals surface area contributed by atoms with Crippen molar-refractivity contribution >= 4 is 0 Å². The summed E-state index contributed by atoms with van der Waals surface area (Å²) in [5.41, 5.74) is 1.22. The van der Waals surface area contributed by atoms with E-state index in [-0.39, 0.29) is 6.67 Å². The minimum atomic E-state index is -0.360. The number of rotatable bonds is 4. The van der Waals surface area contributed by atoms with Gasteiger partial charge in [0.1, 0.15) is 6.67 Å². The topological polar surface area (TPSA) is 0 Å². The molecule has 0 bridgehead atoms. The maximum Gasteiger partial charge on any atom is 0.108 e. The highest BCUT2D eigenvalue weighted by Gasteiger charge is 1.83. The number of halogens is 1. The van der Waals surface area contributed by atoms with E-state index in [0.29, 0.717) is 0 Å². The standard InChI is InChI=1S/C9H15F/c1-3-6-9(4-2)7-5-8-10/h5-7H,3-4,8H2,1-2H3/b7-5-,9-6-. The molecule has 0 atom stereocenters. The van der Waals surface area contributed by atoms with Gasteiger partial charge in [0.25, 0.3) is 0 Å². The van der Waals surface area contributed by atoms with Gasteiger partial charge in [-0.15, -0.1) is 0 Å². The normalized spacial score (nSPS) is 12.9. The molecule has 0 fully saturated rings. The van der Waals surface area contributed by atoms with Crippen molar-refractivity contribution < 1.29 is 4.39 Å². The second-order valence-electron chi connectivity index (χ2n) is 2.10. The van der Waals surface area contributed by atoms with Crippen molar-refractivity contribution in [3.8, 4) is 0 Å². The van der Waals surface area contributed by atoms with Gasteiger partial charge in [0.15, 0.2) is 0 Å². The monoisotopic (exact) mass is 142 g/mol. The van der Waals surface area contributed by atoms with Crippen LogP contribution in [0, 0.1) is 0 Å². The van der Waals surface area contributed by atoms with Gasteiger partial charge in [-0.3, -0.25) is 0 Å². The zero-order chi connectivity index (χ0) is 7.82. The molecule has 0 spiro atoms. The van der Waals surface area contributed by atoms with Crippen molar-refractivity contribution in [2.45, 2.75) is 26.7 Å². The zero-order valence-corrected chi connectivity index (χ0v) is 6.73. The highest BCUT2D eigenvalue weighted by Crippen LogP contribution is 2.03. The zero-order valence-electron chi connectivity index (χ0n) is 6.73. The average molecular weight is 142 g/mol. The van der Waals surface area contributed by atoms with Gasteiger partial charge in [0.2, 0.25) is 0 Å². The highest BCUT2D eigenvalue weighted by atomic mass is 19.1. The van der Waals surface area contributed by atoms with Crippen LogP contribution in [0.1, 0.15) is 26.7 Å². The molecular weight excluding hydrogens is 127 g/mol. The van der Waals surface area contributed by atoms with Crippen molar-refractivity contribution in [1.82, 2.24) is 0 Å². The molecule has 0 aromatic heterocycles. The summed E-state index contributed by atoms with van der Waals surface area (Å²) in [5.74, 6) is 0. The molecule has 0 aliphatic heterocycles. The van der Waals surface area contributed by atoms with Crippen LogP contribution in [0.3, 0.4) is 0 Å². The molecule has 0 aliphatic rings. The fourth-order valence-electron chi connectivity index (χ4n) is 0.788. The smallest absolute Gasteiger partial charge is 0.108 e. The lowest BCUT2D eigenvalue weighted by Crippen LogP contribution is -1.74. The van der Waals surface area contributed by atoms with Crippen LogP contribution in [0.5, 0.6) is 0 Å². The first-order valence-corrected chi connectivity index (χ1v) is 3.76. The summed E-state index contributed by atoms with van der Waals surface area (Å²) in [4.78, 5) is 0. The molecule has 10 heavy (non-hydrogen) atoms. The van der Waals surface area contributed by atoms with E-state index >= 15 is 0 Å². The van der Waals surface area contributed by atoms with Gasteiger partial charge < -0.3 is 0 Å². The van der Waals surface area contributed by atoms with E-state index in [4.69, 9.17) is 0 Å². The van der Waals surface area contributed by atoms with Gasteiger partial charge in [-0.2, -0.15) is 0 Å². The molecule has 58 valence electrons. The van der Waals surface area contributed by atoms with Gasteiger partial charge in [0, 0.05) is 0 Å². The predicted octanol–water partition coefficient (Wildman–Crippen LogP) is 3.26. The maximum absolute atomic E-state index is 11.6. The summed E-state index contributed by atoms with van der Waals surface area (Å²) < 4.78 is 11.6. The molecule has 0 amide bonds. The molecule has 0 nitrogen and oxygen atoms in total. The molecule has 0 heterocycles. The Bertz CT molecular complexity index is 123. The first-order chi connectivity index (χ1) is 4.85. The largest absolute Gasteiger partial charge is 0.247 e. The molecule has 0 radical (unpaired) electrons. The van der Waals surface area contributed by atoms with E-state index in [2.05, 4.69) is 19.9 Å². The maximum atomic E-state index is 11.6. The average Bonchev–Trinajstić information content (AvgIpc) is 1.98. The molecule has 1 heteroatoms. The van der Waals surface area contributed by atoms with E-state index in [1.807, 2.05) is 6.08 Å². The van der Waals surface area contributed by atoms with Crippen LogP contribution < -0.4 is 0 Å². The van der Waals surface area contributed by atoms with Gasteiger partial charge in [-0.1, -0.05) is 37.6 Å². The number of alkyl halides is 1. The molecule has 0 rings (SSSR count). The van der Waals surface area contributed by atoms with E-state index in [0.717, 1.165) is 12.8 Å². The lowest BCUT2D eigenvalue weighted by Gasteiger charge is -1.93. The Kier molecular flexibility index (Phi) is 6.14. The number of allylic oxidation sites excluding steroid dienone is 4. The van der Waals surface area contributed by atoms with Crippen LogP contribution in [-0.4, -0.2) is 6.67 Å². The molecule has 0 aromatic carbocycles. The highest BCUT2D eigenvalue weighted by molar-refractivity contribution is 5.17. The summed E-state index contributed by atoms with van der Waals surface area (Å²) in [5, 5.41) is 0. The van der Waals surface area contributed by atoms with Crippen molar-refractivity contribution in [2.24, 2.45) is 0 Å². The minimum absolute atomic E-state index is 0.360. The SMILES string of the molecule is CC/C=C(\C=C/CF)CC. The Labute approximate surface area is 62.4 Å². The van der Waals surface area contributed by atoms with Gasteiger partial charge in [-0.05, 0) is 12.8 Å². The van der Waals surface area contributed by atoms with Gasteiger partial charge in [-0.25, -0.2) is 4.39 Å². The van der Waals surface area contributed by atoms with Crippen LogP contribution in [0.25, 0.3) is 0 Å². The van der Waals surface area contributed by atoms with Crippen molar-refractivity contribution in [3.05, 3.63) is 23.8 Å². The summed E-state index contributed by atoms with van der Waals surface area (Å²) in [7, 11) is 0. The third-order valence-corrected chi connectivity index (χ3v) is 1.30. The lowest BCUT2D eigenvalue weighted by atomic mass is 10.1. The van der Waals surface area contributed by atoms with Crippen LogP contribution in [-0.2, 0) is 0 Å². The van der Waals surface area contributed by atoms with Crippen molar-refractivity contribution in [3.63, 3.8) is 0 Å². The van der Waals surface area contributed by atoms with Crippen LogP contribution in [0.2, 0.25) is 0 Å². The van der Waals surface area contributed by atoms with E-state index in [1.165, 1.54) is 5.57 Å². The Balaban J connectivity index is 3.82. The fraction of sp³-hybridized carbons (Fsp3) is 0.556. The Morgan fingerprint density at radius 2 is 2.10 bits per heavy atom. The van der Waals surface area contributed by atoms with E-state index in [1.54, 1.807) is 6.08 Å². The van der Waals surface area contributed by atoms with E-state index in [9.17, 15) is 4.39 Å². The summed E-state index contributed by atoms with van der Waals surface area (Å²) >= 11 is 0. The van der Waals surface area contributed by atoms with Crippen LogP contribution in [0.15, 0.2) is 23.8 Å². The predicted molar refractivity (Wildman–Crippen MR) is 43.8 cm³/mol. The molecule has 0 aromatic rings. The summed E-state index contributed by atoms with van der Waals surface area (Å²) in [6.07, 6.45) is 7.53. The number of hydrogen-bond donors (Lipinski definition) is 0. The molecule has 0 saturated carbocycles. The summed E-state index contributed by atoms with van der Waals surface area (Å²) in [6, 6.07) is 0. The molecular formula is C9H15F. The third kappa shape index (κ3) is 4.30. The first kappa shape index (κ1) is 9.41. The van der Waals surface area contributed by atoms with E-state index < -0.39 is 0 Å². The third-order valence-electron chi connectivity index (χ3n) is 1.30. The quantitative estimate of drug-likeness (QED) is 0.528. The lowest BCUT2D eigenvalue weighted by molar-refractivity contribution is 0.561. The van der Waals surface area contributed by atoms with Crippen LogP contribution >= 0.6 is 0 Å². The molecule has 0 aliphatic carbocycles. The molecule has 0 saturated heterocycles. The molecule has 0 unspecified atom stereocenters. The second kappa shape index (κ2) is 6.53. The Morgan fingerprint density at radius 1 is 1.40 bits per heavy atom. The van der Waals surface area contributed by atoms with Crippen molar-refractivity contribution in [1.29, 1.82) is 0 Å². The molecule has 0 N–H and O–H groups in total. The minimum Gasteiger partial charge on any atom is -0.247 e. The van der Waals surface area contributed by atoms with Crippen LogP contribution in [0.4, 0.5) is 4.39 Å². The first-order valence-electron chi connectivity index (χ1n) is 3.76. The number of hydrogen-bond acceptors (Lipinski definition) is 0. The second-order valence-corrected chi connectivity index (χ2v) is 2.10. The van der Waals surface area contributed by atoms with Gasteiger partial charge in [0.05, 0.1) is 0 Å². The fourth-order valence-corrected chi connectivity index (χ4v) is 0.788. The summed E-state index contributed by atoms with van der Waals surface area (Å²) in [6.45, 7) is 3.80. The van der Waals surface area contributed by atoms with Gasteiger partial charge >= 0.3 is 0 Å².